The van der Waals surface area contributed by atoms with E-state index < -0.39 is 5.97 Å². The zero-order valence-electron chi connectivity index (χ0n) is 14.9. The van der Waals surface area contributed by atoms with Gasteiger partial charge in [0.05, 0.1) is 23.2 Å². The van der Waals surface area contributed by atoms with Gasteiger partial charge in [0.1, 0.15) is 0 Å². The summed E-state index contributed by atoms with van der Waals surface area (Å²) < 4.78 is 5.07. The predicted molar refractivity (Wildman–Crippen MR) is 98.2 cm³/mol. The molecule has 2 aromatic rings. The van der Waals surface area contributed by atoms with E-state index in [0.29, 0.717) is 17.0 Å². The third-order valence-corrected chi connectivity index (χ3v) is 3.83. The normalized spacial score (nSPS) is 11.5. The SMILES string of the molecule is CC(C)C[C@H](NC(=O)COC(=O)c1ccc(C#N)cc1)c1ccccc1. The number of hydrogen-bond donors (Lipinski definition) is 1. The molecule has 1 N–H and O–H groups in total. The van der Waals surface area contributed by atoms with Crippen molar-refractivity contribution in [3.8, 4) is 6.07 Å². The van der Waals surface area contributed by atoms with Crippen LogP contribution in [-0.2, 0) is 9.53 Å². The van der Waals surface area contributed by atoms with E-state index in [1.165, 1.54) is 24.3 Å². The molecule has 0 saturated heterocycles. The summed E-state index contributed by atoms with van der Waals surface area (Å²) in [5, 5.41) is 11.7. The van der Waals surface area contributed by atoms with Gasteiger partial charge in [0.25, 0.3) is 5.91 Å². The summed E-state index contributed by atoms with van der Waals surface area (Å²) in [5.74, 6) is -0.534. The Labute approximate surface area is 153 Å². The number of hydrogen-bond acceptors (Lipinski definition) is 4. The molecular weight excluding hydrogens is 328 g/mol. The number of carbonyl (C=O) groups is 2. The minimum atomic E-state index is -0.593. The zero-order valence-corrected chi connectivity index (χ0v) is 14.9. The molecule has 0 aliphatic carbocycles. The van der Waals surface area contributed by atoms with Crippen LogP contribution in [0.3, 0.4) is 0 Å². The molecule has 26 heavy (non-hydrogen) atoms. The first-order valence-corrected chi connectivity index (χ1v) is 8.51. The topological polar surface area (TPSA) is 79.2 Å². The number of rotatable bonds is 7. The van der Waals surface area contributed by atoms with Gasteiger partial charge >= 0.3 is 5.97 Å². The average Bonchev–Trinajstić information content (AvgIpc) is 2.66. The lowest BCUT2D eigenvalue weighted by Gasteiger charge is -2.21. The van der Waals surface area contributed by atoms with E-state index in [4.69, 9.17) is 10.00 Å². The standard InChI is InChI=1S/C21H22N2O3/c1-15(2)12-19(17-6-4-3-5-7-17)23-20(24)14-26-21(25)18-10-8-16(13-22)9-11-18/h3-11,15,19H,12,14H2,1-2H3,(H,23,24)/t19-/m0/s1. The van der Waals surface area contributed by atoms with Crippen LogP contribution in [0.4, 0.5) is 0 Å². The van der Waals surface area contributed by atoms with Gasteiger partial charge in [-0.15, -0.1) is 0 Å². The van der Waals surface area contributed by atoms with Crippen LogP contribution >= 0.6 is 0 Å². The predicted octanol–water partition coefficient (Wildman–Crippen LogP) is 3.62. The summed E-state index contributed by atoms with van der Waals surface area (Å²) >= 11 is 0. The number of nitrogens with zero attached hydrogens (tertiary/aromatic N) is 1. The monoisotopic (exact) mass is 350 g/mol. The van der Waals surface area contributed by atoms with Crippen LogP contribution in [0.1, 0.15) is 47.8 Å². The molecular formula is C21H22N2O3. The van der Waals surface area contributed by atoms with Crippen molar-refractivity contribution in [2.75, 3.05) is 6.61 Å². The van der Waals surface area contributed by atoms with Crippen molar-refractivity contribution in [1.82, 2.24) is 5.32 Å². The van der Waals surface area contributed by atoms with Crippen molar-refractivity contribution >= 4 is 11.9 Å². The van der Waals surface area contributed by atoms with Crippen LogP contribution in [0.2, 0.25) is 0 Å². The van der Waals surface area contributed by atoms with Gasteiger partial charge in [-0.1, -0.05) is 44.2 Å². The van der Waals surface area contributed by atoms with E-state index in [-0.39, 0.29) is 18.6 Å². The molecule has 2 aromatic carbocycles. The van der Waals surface area contributed by atoms with Crippen molar-refractivity contribution in [2.24, 2.45) is 5.92 Å². The third kappa shape index (κ3) is 5.75. The number of nitrogens with one attached hydrogen (secondary N) is 1. The summed E-state index contributed by atoms with van der Waals surface area (Å²) in [4.78, 5) is 24.2. The first kappa shape index (κ1) is 19.2. The molecule has 1 atom stereocenters. The van der Waals surface area contributed by atoms with Crippen LogP contribution in [0.25, 0.3) is 0 Å². The molecule has 5 heteroatoms. The minimum absolute atomic E-state index is 0.127. The van der Waals surface area contributed by atoms with Gasteiger partial charge in [-0.2, -0.15) is 5.26 Å². The maximum absolute atomic E-state index is 12.2. The van der Waals surface area contributed by atoms with Crippen LogP contribution in [0.5, 0.6) is 0 Å². The highest BCUT2D eigenvalue weighted by Crippen LogP contribution is 2.21. The van der Waals surface area contributed by atoms with Crippen molar-refractivity contribution in [3.05, 3.63) is 71.3 Å². The maximum atomic E-state index is 12.2. The lowest BCUT2D eigenvalue weighted by atomic mass is 9.97. The number of esters is 1. The second kappa shape index (κ2) is 9.38. The fourth-order valence-corrected chi connectivity index (χ4v) is 2.57. The quantitative estimate of drug-likeness (QED) is 0.774. The Hall–Kier alpha value is -3.13. The van der Waals surface area contributed by atoms with Crippen LogP contribution in [-0.4, -0.2) is 18.5 Å². The first-order chi connectivity index (χ1) is 12.5. The molecule has 5 nitrogen and oxygen atoms in total. The molecule has 0 fully saturated rings. The summed E-state index contributed by atoms with van der Waals surface area (Å²) in [6.07, 6.45) is 0.791. The first-order valence-electron chi connectivity index (χ1n) is 8.51. The summed E-state index contributed by atoms with van der Waals surface area (Å²) in [6.45, 7) is 3.83. The van der Waals surface area contributed by atoms with E-state index in [0.717, 1.165) is 12.0 Å². The Morgan fingerprint density at radius 2 is 1.73 bits per heavy atom. The molecule has 1 amide bonds. The molecule has 2 rings (SSSR count). The maximum Gasteiger partial charge on any atom is 0.338 e. The van der Waals surface area contributed by atoms with Crippen molar-refractivity contribution in [3.63, 3.8) is 0 Å². The fourth-order valence-electron chi connectivity index (χ4n) is 2.57. The number of amides is 1. The van der Waals surface area contributed by atoms with E-state index in [1.807, 2.05) is 36.4 Å². The van der Waals surface area contributed by atoms with Crippen LogP contribution < -0.4 is 5.32 Å². The molecule has 0 aliphatic rings. The van der Waals surface area contributed by atoms with Gasteiger partial charge in [-0.25, -0.2) is 4.79 Å². The highest BCUT2D eigenvalue weighted by molar-refractivity contribution is 5.91. The highest BCUT2D eigenvalue weighted by atomic mass is 16.5. The molecule has 0 bridgehead atoms. The van der Waals surface area contributed by atoms with E-state index in [9.17, 15) is 9.59 Å². The van der Waals surface area contributed by atoms with Crippen molar-refractivity contribution in [1.29, 1.82) is 5.26 Å². The van der Waals surface area contributed by atoms with Gasteiger partial charge in [0, 0.05) is 0 Å². The Balaban J connectivity index is 1.93. The second-order valence-corrected chi connectivity index (χ2v) is 6.43. The second-order valence-electron chi connectivity index (χ2n) is 6.43. The molecule has 0 aromatic heterocycles. The fraction of sp³-hybridized carbons (Fsp3) is 0.286. The largest absolute Gasteiger partial charge is 0.452 e. The Kier molecular flexibility index (Phi) is 6.92. The van der Waals surface area contributed by atoms with Crippen LogP contribution in [0.15, 0.2) is 54.6 Å². The smallest absolute Gasteiger partial charge is 0.338 e. The summed E-state index contributed by atoms with van der Waals surface area (Å²) in [7, 11) is 0. The third-order valence-electron chi connectivity index (χ3n) is 3.83. The lowest BCUT2D eigenvalue weighted by molar-refractivity contribution is -0.125. The Morgan fingerprint density at radius 3 is 2.31 bits per heavy atom. The highest BCUT2D eigenvalue weighted by Gasteiger charge is 2.17. The number of nitriles is 1. The van der Waals surface area contributed by atoms with E-state index in [1.54, 1.807) is 0 Å². The minimum Gasteiger partial charge on any atom is -0.452 e. The molecule has 0 spiro atoms. The van der Waals surface area contributed by atoms with Gasteiger partial charge in [-0.3, -0.25) is 4.79 Å². The molecule has 0 saturated carbocycles. The average molecular weight is 350 g/mol. The number of carbonyl (C=O) groups excluding carboxylic acids is 2. The number of ether oxygens (including phenoxy) is 1. The van der Waals surface area contributed by atoms with Gasteiger partial charge in [-0.05, 0) is 42.2 Å². The zero-order chi connectivity index (χ0) is 18.9. The Bertz CT molecular complexity index is 777. The van der Waals surface area contributed by atoms with Gasteiger partial charge in [0.15, 0.2) is 6.61 Å². The van der Waals surface area contributed by atoms with Gasteiger partial charge < -0.3 is 10.1 Å². The summed E-state index contributed by atoms with van der Waals surface area (Å²) in [5.41, 5.74) is 1.78. The van der Waals surface area contributed by atoms with Crippen molar-refractivity contribution in [2.45, 2.75) is 26.3 Å². The molecule has 0 unspecified atom stereocenters. The molecule has 0 aliphatic heterocycles. The summed E-state index contributed by atoms with van der Waals surface area (Å²) in [6, 6.07) is 17.7. The van der Waals surface area contributed by atoms with E-state index >= 15 is 0 Å². The molecule has 0 heterocycles. The molecule has 0 radical (unpaired) electrons. The lowest BCUT2D eigenvalue weighted by Crippen LogP contribution is -2.33. The van der Waals surface area contributed by atoms with Gasteiger partial charge in [0.2, 0.25) is 0 Å². The van der Waals surface area contributed by atoms with Crippen LogP contribution in [0, 0.1) is 17.2 Å². The number of benzene rings is 2. The van der Waals surface area contributed by atoms with Crippen molar-refractivity contribution < 1.29 is 14.3 Å². The Morgan fingerprint density at radius 1 is 1.08 bits per heavy atom. The van der Waals surface area contributed by atoms with E-state index in [2.05, 4.69) is 19.2 Å². The molecule has 134 valence electrons.